The van der Waals surface area contributed by atoms with Crippen molar-refractivity contribution in [1.29, 1.82) is 0 Å². The van der Waals surface area contributed by atoms with Gasteiger partial charge in [0.15, 0.2) is 0 Å². The van der Waals surface area contributed by atoms with Gasteiger partial charge in [-0.2, -0.15) is 0 Å². The molecule has 7 heteroatoms. The van der Waals surface area contributed by atoms with Crippen molar-refractivity contribution < 1.29 is 14.3 Å². The SMILES string of the molecule is S=C1NOB2ON1O2. The van der Waals surface area contributed by atoms with E-state index < -0.39 is 7.32 Å². The van der Waals surface area contributed by atoms with Crippen molar-refractivity contribution in [2.75, 3.05) is 0 Å². The Hall–Kier alpha value is -0.365. The topological polar surface area (TPSA) is 43.0 Å². The van der Waals surface area contributed by atoms with Gasteiger partial charge in [-0.15, -0.1) is 5.23 Å². The average molecular weight is 132 g/mol. The largest absolute Gasteiger partial charge is 0.711 e. The highest BCUT2D eigenvalue weighted by Gasteiger charge is 2.47. The Kier molecular flexibility index (Phi) is 0.744. The van der Waals surface area contributed by atoms with Crippen molar-refractivity contribution in [1.82, 2.24) is 10.7 Å². The van der Waals surface area contributed by atoms with Gasteiger partial charge in [-0.05, 0) is 12.2 Å². The maximum atomic E-state index is 4.67. The van der Waals surface area contributed by atoms with E-state index in [4.69, 9.17) is 0 Å². The van der Waals surface area contributed by atoms with Crippen molar-refractivity contribution in [3.63, 3.8) is 0 Å². The van der Waals surface area contributed by atoms with Crippen molar-refractivity contribution in [2.24, 2.45) is 0 Å². The molecule has 1 N–H and O–H groups in total. The van der Waals surface area contributed by atoms with E-state index in [1.54, 1.807) is 0 Å². The highest BCUT2D eigenvalue weighted by Crippen LogP contribution is 2.15. The van der Waals surface area contributed by atoms with Gasteiger partial charge in [-0.3, -0.25) is 4.76 Å². The molecule has 0 atom stereocenters. The van der Waals surface area contributed by atoms with Gasteiger partial charge in [0.2, 0.25) is 5.11 Å². The van der Waals surface area contributed by atoms with Gasteiger partial charge in [-0.25, -0.2) is 15.0 Å². The number of thiocarbonyl (C=S) groups is 1. The summed E-state index contributed by atoms with van der Waals surface area (Å²) in [6.45, 7) is 0. The lowest BCUT2D eigenvalue weighted by Gasteiger charge is -2.38. The van der Waals surface area contributed by atoms with Gasteiger partial charge >= 0.3 is 7.32 Å². The van der Waals surface area contributed by atoms with Crippen LogP contribution in [0.25, 0.3) is 0 Å². The smallest absolute Gasteiger partial charge is 0.268 e. The lowest BCUT2D eigenvalue weighted by Crippen LogP contribution is -2.64. The molecule has 0 amide bonds. The highest BCUT2D eigenvalue weighted by molar-refractivity contribution is 7.80. The molecule has 0 radical (unpaired) electrons. The van der Waals surface area contributed by atoms with E-state index in [0.717, 1.165) is 5.23 Å². The molecule has 3 heterocycles. The molecule has 3 fully saturated rings. The molecule has 3 saturated heterocycles. The number of hydroxylamine groups is 3. The Morgan fingerprint density at radius 3 is 2.62 bits per heavy atom. The molecule has 5 nitrogen and oxygen atoms in total. The average Bonchev–Trinajstić information content (AvgIpc) is 1.62. The zero-order valence-electron chi connectivity index (χ0n) is 3.66. The molecule has 3 rings (SSSR count). The second-order valence-corrected chi connectivity index (χ2v) is 1.67. The zero-order chi connectivity index (χ0) is 5.56. The standard InChI is InChI=1S/CHBN2O3S/c8-1-3-5-2-6-4(1)7-2/h(H,3,8). The van der Waals surface area contributed by atoms with E-state index in [-0.39, 0.29) is 5.11 Å². The van der Waals surface area contributed by atoms with Gasteiger partial charge in [0, 0.05) is 0 Å². The Morgan fingerprint density at radius 1 is 1.62 bits per heavy atom. The predicted molar refractivity (Wildman–Crippen MR) is 26.6 cm³/mol. The molecule has 0 saturated carbocycles. The molecular formula is CHBN2O3S. The molecule has 0 aromatic heterocycles. The first kappa shape index (κ1) is 4.51. The summed E-state index contributed by atoms with van der Waals surface area (Å²) in [6, 6.07) is 0. The molecule has 8 heavy (non-hydrogen) atoms. The molecule has 0 spiro atoms. The third-order valence-electron chi connectivity index (χ3n) is 0.772. The van der Waals surface area contributed by atoms with Crippen molar-refractivity contribution in [3.8, 4) is 0 Å². The minimum Gasteiger partial charge on any atom is -0.268 e. The molecule has 0 unspecified atom stereocenters. The summed E-state index contributed by atoms with van der Waals surface area (Å²) in [4.78, 5) is 0. The van der Waals surface area contributed by atoms with Crippen LogP contribution in [0, 0.1) is 0 Å². The third kappa shape index (κ3) is 0.437. The van der Waals surface area contributed by atoms with Gasteiger partial charge in [0.05, 0.1) is 0 Å². The summed E-state index contributed by atoms with van der Waals surface area (Å²) in [7, 11) is -0.610. The van der Waals surface area contributed by atoms with E-state index in [1.807, 2.05) is 0 Å². The van der Waals surface area contributed by atoms with Gasteiger partial charge in [0.25, 0.3) is 0 Å². The quantitative estimate of drug-likeness (QED) is 0.335. The molecule has 3 aliphatic heterocycles. The molecule has 42 valence electrons. The number of nitrogens with zero attached hydrogens (tertiary/aromatic N) is 1. The van der Waals surface area contributed by atoms with Gasteiger partial charge < -0.3 is 0 Å². The normalized spacial score (nSPS) is 24.8. The van der Waals surface area contributed by atoms with Crippen LogP contribution in [0.4, 0.5) is 0 Å². The fourth-order valence-corrected chi connectivity index (χ4v) is 0.573. The van der Waals surface area contributed by atoms with Crippen LogP contribution in [0.2, 0.25) is 0 Å². The predicted octanol–water partition coefficient (Wildman–Crippen LogP) is -1.03. The Bertz CT molecular complexity index is 132. The lowest BCUT2D eigenvalue weighted by molar-refractivity contribution is -0.349. The molecule has 0 aliphatic carbocycles. The summed E-state index contributed by atoms with van der Waals surface area (Å²) >= 11 is 4.61. The Morgan fingerprint density at radius 2 is 2.38 bits per heavy atom. The van der Waals surface area contributed by atoms with Crippen LogP contribution < -0.4 is 5.48 Å². The van der Waals surface area contributed by atoms with Gasteiger partial charge in [0.1, 0.15) is 0 Å². The second-order valence-electron chi connectivity index (χ2n) is 1.28. The van der Waals surface area contributed by atoms with Crippen LogP contribution in [0.3, 0.4) is 0 Å². The van der Waals surface area contributed by atoms with E-state index in [0.29, 0.717) is 0 Å². The van der Waals surface area contributed by atoms with Crippen LogP contribution in [-0.2, 0) is 14.3 Å². The first-order valence-electron chi connectivity index (χ1n) is 1.95. The van der Waals surface area contributed by atoms with Crippen LogP contribution in [0.5, 0.6) is 0 Å². The molecule has 3 aliphatic rings. The van der Waals surface area contributed by atoms with E-state index in [2.05, 4.69) is 32.0 Å². The number of fused-ring (bicyclic) bond motifs is 2. The van der Waals surface area contributed by atoms with E-state index in [1.165, 1.54) is 0 Å². The highest BCUT2D eigenvalue weighted by atomic mass is 32.1. The van der Waals surface area contributed by atoms with E-state index in [9.17, 15) is 0 Å². The first-order valence-corrected chi connectivity index (χ1v) is 2.36. The Balaban J connectivity index is 2.10. The lowest BCUT2D eigenvalue weighted by atomic mass is 10.2. The zero-order valence-corrected chi connectivity index (χ0v) is 4.47. The maximum Gasteiger partial charge on any atom is 0.711 e. The minimum atomic E-state index is -0.610. The second kappa shape index (κ2) is 1.32. The molecule has 0 aromatic rings. The fraction of sp³-hybridized carbons (Fsp3) is 0. The van der Waals surface area contributed by atoms with Gasteiger partial charge in [-0.1, -0.05) is 0 Å². The number of hydrogen-bond acceptors (Lipinski definition) is 4. The monoisotopic (exact) mass is 132 g/mol. The molecular weight excluding hydrogens is 131 g/mol. The fourth-order valence-electron chi connectivity index (χ4n) is 0.439. The van der Waals surface area contributed by atoms with E-state index >= 15 is 0 Å². The molecule has 0 aromatic carbocycles. The van der Waals surface area contributed by atoms with Crippen molar-refractivity contribution in [2.45, 2.75) is 0 Å². The summed E-state index contributed by atoms with van der Waals surface area (Å²) in [6.07, 6.45) is 0. The summed E-state index contributed by atoms with van der Waals surface area (Å²) in [5, 5.41) is 1.36. The minimum absolute atomic E-state index is 0.285. The van der Waals surface area contributed by atoms with Crippen LogP contribution in [0.15, 0.2) is 0 Å². The maximum absolute atomic E-state index is 4.67. The summed E-state index contributed by atoms with van der Waals surface area (Å²) in [5.41, 5.74) is 2.39. The number of rotatable bonds is 0. The van der Waals surface area contributed by atoms with Crippen LogP contribution in [-0.4, -0.2) is 17.7 Å². The molecule has 2 bridgehead atoms. The van der Waals surface area contributed by atoms with Crippen LogP contribution in [0.1, 0.15) is 0 Å². The van der Waals surface area contributed by atoms with Crippen molar-refractivity contribution in [3.05, 3.63) is 0 Å². The van der Waals surface area contributed by atoms with Crippen molar-refractivity contribution >= 4 is 24.7 Å². The first-order chi connectivity index (χ1) is 3.86. The summed E-state index contributed by atoms with van der Waals surface area (Å²) in [5.74, 6) is 0. The summed E-state index contributed by atoms with van der Waals surface area (Å²) < 4.78 is 13.9. The third-order valence-corrected chi connectivity index (χ3v) is 1.00. The van der Waals surface area contributed by atoms with Crippen LogP contribution >= 0.6 is 12.2 Å². The number of hydrogen-bond donors (Lipinski definition) is 1. The number of nitrogens with one attached hydrogen (secondary N) is 1. The Labute approximate surface area is 50.5 Å².